The van der Waals surface area contributed by atoms with Crippen molar-refractivity contribution in [1.82, 2.24) is 5.32 Å². The number of rotatable bonds is 6. The Kier molecular flexibility index (Phi) is 16.2. The fraction of sp³-hybridized carbons (Fsp3) is 0.360. The molecule has 0 atom stereocenters. The maximum atomic E-state index is 3.72. The normalized spacial score (nSPS) is 15.7. The molecule has 0 aromatic heterocycles. The lowest BCUT2D eigenvalue weighted by molar-refractivity contribution is 0.469. The topological polar surface area (TPSA) is 12.0 Å². The van der Waals surface area contributed by atoms with Gasteiger partial charge < -0.3 is 5.32 Å². The van der Waals surface area contributed by atoms with Crippen LogP contribution in [0.3, 0.4) is 0 Å². The molecular formula is C25H39N. The average molecular weight is 354 g/mol. The van der Waals surface area contributed by atoms with E-state index in [0.717, 1.165) is 17.8 Å². The lowest BCUT2D eigenvalue weighted by atomic mass is 10.0. The molecule has 144 valence electrons. The summed E-state index contributed by atoms with van der Waals surface area (Å²) >= 11 is 0. The van der Waals surface area contributed by atoms with Crippen LogP contribution in [0.2, 0.25) is 0 Å². The third-order valence-corrected chi connectivity index (χ3v) is 2.63. The smallest absolute Gasteiger partial charge is 0.0419 e. The van der Waals surface area contributed by atoms with Crippen molar-refractivity contribution in [1.29, 1.82) is 0 Å². The quantitative estimate of drug-likeness (QED) is 0.480. The van der Waals surface area contributed by atoms with Gasteiger partial charge in [-0.1, -0.05) is 109 Å². The fourth-order valence-corrected chi connectivity index (χ4v) is 1.64. The lowest BCUT2D eigenvalue weighted by Gasteiger charge is -2.13. The first-order valence-electron chi connectivity index (χ1n) is 9.39. The second-order valence-electron chi connectivity index (χ2n) is 6.99. The fourth-order valence-electron chi connectivity index (χ4n) is 1.64. The highest BCUT2D eigenvalue weighted by atomic mass is 14.9. The molecule has 0 radical (unpaired) electrons. The zero-order valence-electron chi connectivity index (χ0n) is 18.0. The van der Waals surface area contributed by atoms with Crippen molar-refractivity contribution in [3.05, 3.63) is 97.0 Å². The number of nitrogens with one attached hydrogen (secondary N) is 1. The molecule has 26 heavy (non-hydrogen) atoms. The van der Waals surface area contributed by atoms with Crippen LogP contribution >= 0.6 is 0 Å². The summed E-state index contributed by atoms with van der Waals surface area (Å²) in [5.74, 6) is 0. The summed E-state index contributed by atoms with van der Waals surface area (Å²) in [4.78, 5) is 0. The van der Waals surface area contributed by atoms with E-state index in [-0.39, 0.29) is 0 Å². The van der Waals surface area contributed by atoms with Gasteiger partial charge in [0.15, 0.2) is 0 Å². The van der Waals surface area contributed by atoms with Crippen LogP contribution in [-0.4, -0.2) is 0 Å². The Hall–Kier alpha value is -2.28. The summed E-state index contributed by atoms with van der Waals surface area (Å²) in [6.07, 6.45) is 22.8. The Morgan fingerprint density at radius 3 is 1.96 bits per heavy atom. The largest absolute Gasteiger partial charge is 0.356 e. The van der Waals surface area contributed by atoms with Gasteiger partial charge in [0.05, 0.1) is 0 Å². The van der Waals surface area contributed by atoms with E-state index < -0.39 is 0 Å². The summed E-state index contributed by atoms with van der Waals surface area (Å²) in [5.41, 5.74) is 3.88. The molecule has 0 unspecified atom stereocenters. The van der Waals surface area contributed by atoms with Crippen molar-refractivity contribution in [2.24, 2.45) is 5.41 Å². The molecule has 0 fully saturated rings. The summed E-state index contributed by atoms with van der Waals surface area (Å²) in [6.45, 7) is 22.2. The molecule has 0 aromatic rings. The molecule has 0 saturated heterocycles. The van der Waals surface area contributed by atoms with E-state index in [9.17, 15) is 0 Å². The average Bonchev–Trinajstić information content (AvgIpc) is 2.62. The van der Waals surface area contributed by atoms with Gasteiger partial charge in [-0.15, -0.1) is 0 Å². The van der Waals surface area contributed by atoms with Gasteiger partial charge in [-0.2, -0.15) is 0 Å². The molecule has 0 aliphatic heterocycles. The van der Waals surface area contributed by atoms with Gasteiger partial charge in [0, 0.05) is 11.4 Å². The van der Waals surface area contributed by atoms with E-state index in [0.29, 0.717) is 5.41 Å². The third kappa shape index (κ3) is 16.6. The molecule has 1 heteroatoms. The van der Waals surface area contributed by atoms with Crippen LogP contribution in [0.5, 0.6) is 0 Å². The minimum atomic E-state index is 0.500. The Balaban J connectivity index is 0. The van der Waals surface area contributed by atoms with Crippen molar-refractivity contribution in [3.8, 4) is 0 Å². The van der Waals surface area contributed by atoms with E-state index in [2.05, 4.69) is 70.5 Å². The summed E-state index contributed by atoms with van der Waals surface area (Å²) in [7, 11) is 0. The third-order valence-electron chi connectivity index (χ3n) is 2.63. The molecule has 0 saturated carbocycles. The predicted octanol–water partition coefficient (Wildman–Crippen LogP) is 7.81. The van der Waals surface area contributed by atoms with Crippen molar-refractivity contribution >= 4 is 0 Å². The lowest BCUT2D eigenvalue weighted by Crippen LogP contribution is -2.12. The monoisotopic (exact) mass is 353 g/mol. The minimum absolute atomic E-state index is 0.500. The first kappa shape index (κ1) is 26.0. The number of hydrogen-bond donors (Lipinski definition) is 1. The van der Waals surface area contributed by atoms with Crippen LogP contribution in [0, 0.1) is 5.41 Å². The molecule has 1 aliphatic carbocycles. The van der Waals surface area contributed by atoms with Gasteiger partial charge in [-0.3, -0.25) is 0 Å². The van der Waals surface area contributed by atoms with E-state index in [1.54, 1.807) is 12.2 Å². The van der Waals surface area contributed by atoms with Gasteiger partial charge in [-0.05, 0) is 36.5 Å². The standard InChI is InChI=1S/C18H21N.C5H12.C2H6/c1-4-7-14-17(6-3)19-18(15-8-5-2)16-12-10-9-11-13-16;1-5(2,3)4;1-2/h4-12,14-15,19H,1-2,13H2,3H3;1-4H3;1-2H3/b14-7-,15-8-,17-6+,18-16+;;. The summed E-state index contributed by atoms with van der Waals surface area (Å²) < 4.78 is 0. The second kappa shape index (κ2) is 16.2. The van der Waals surface area contributed by atoms with E-state index in [4.69, 9.17) is 0 Å². The first-order valence-corrected chi connectivity index (χ1v) is 9.39. The highest BCUT2D eigenvalue weighted by molar-refractivity contribution is 5.41. The van der Waals surface area contributed by atoms with Crippen molar-refractivity contribution < 1.29 is 0 Å². The van der Waals surface area contributed by atoms with Crippen LogP contribution < -0.4 is 5.32 Å². The molecule has 1 rings (SSSR count). The first-order chi connectivity index (χ1) is 12.3. The summed E-state index contributed by atoms with van der Waals surface area (Å²) in [6, 6.07) is 0. The second-order valence-corrected chi connectivity index (χ2v) is 6.99. The molecule has 0 spiro atoms. The Labute approximate surface area is 163 Å². The minimum Gasteiger partial charge on any atom is -0.356 e. The van der Waals surface area contributed by atoms with E-state index in [1.807, 2.05) is 51.2 Å². The van der Waals surface area contributed by atoms with Crippen molar-refractivity contribution in [2.75, 3.05) is 0 Å². The molecule has 0 heterocycles. The molecule has 0 bridgehead atoms. The van der Waals surface area contributed by atoms with Gasteiger partial charge in [-0.25, -0.2) is 0 Å². The van der Waals surface area contributed by atoms with Crippen molar-refractivity contribution in [3.63, 3.8) is 0 Å². The van der Waals surface area contributed by atoms with Gasteiger partial charge in [0.2, 0.25) is 0 Å². The van der Waals surface area contributed by atoms with Crippen LogP contribution in [0.15, 0.2) is 97.0 Å². The highest BCUT2D eigenvalue weighted by Crippen LogP contribution is 2.16. The SMILES string of the molecule is C=C/C=C\C(NC(/C=C\C=C)=C/C)=C1\C=CC=CC1.CC.CC(C)(C)C. The van der Waals surface area contributed by atoms with Gasteiger partial charge in [0.25, 0.3) is 0 Å². The van der Waals surface area contributed by atoms with Crippen LogP contribution in [-0.2, 0) is 0 Å². The molecular weight excluding hydrogens is 314 g/mol. The highest BCUT2D eigenvalue weighted by Gasteiger charge is 2.03. The Morgan fingerprint density at radius 1 is 1.00 bits per heavy atom. The Bertz CT molecular complexity index is 564. The number of hydrogen-bond acceptors (Lipinski definition) is 1. The molecule has 1 aliphatic rings. The zero-order valence-corrected chi connectivity index (χ0v) is 18.0. The van der Waals surface area contributed by atoms with E-state index >= 15 is 0 Å². The zero-order chi connectivity index (χ0) is 20.4. The summed E-state index contributed by atoms with van der Waals surface area (Å²) in [5, 5.41) is 3.43. The Morgan fingerprint density at radius 2 is 1.54 bits per heavy atom. The van der Waals surface area contributed by atoms with Crippen LogP contribution in [0.4, 0.5) is 0 Å². The molecule has 1 nitrogen and oxygen atoms in total. The van der Waals surface area contributed by atoms with E-state index in [1.165, 1.54) is 5.57 Å². The number of allylic oxidation sites excluding steroid dienone is 12. The van der Waals surface area contributed by atoms with Crippen LogP contribution in [0.25, 0.3) is 0 Å². The van der Waals surface area contributed by atoms with Crippen molar-refractivity contribution in [2.45, 2.75) is 54.9 Å². The van der Waals surface area contributed by atoms with Crippen LogP contribution in [0.1, 0.15) is 54.9 Å². The molecule has 0 amide bonds. The molecule has 0 aromatic carbocycles. The van der Waals surface area contributed by atoms with Gasteiger partial charge in [0.1, 0.15) is 0 Å². The van der Waals surface area contributed by atoms with Gasteiger partial charge >= 0.3 is 0 Å². The maximum absolute atomic E-state index is 3.72. The molecule has 1 N–H and O–H groups in total. The maximum Gasteiger partial charge on any atom is 0.0419 e. The predicted molar refractivity (Wildman–Crippen MR) is 122 cm³/mol.